The van der Waals surface area contributed by atoms with Crippen LogP contribution in [0, 0.1) is 6.92 Å². The van der Waals surface area contributed by atoms with Crippen molar-refractivity contribution in [3.05, 3.63) is 36.0 Å². The monoisotopic (exact) mass is 242 g/mol. The molecule has 0 spiro atoms. The van der Waals surface area contributed by atoms with Gasteiger partial charge in [-0.05, 0) is 32.4 Å². The molecule has 2 heteroatoms. The Morgan fingerprint density at radius 2 is 2.06 bits per heavy atom. The van der Waals surface area contributed by atoms with Crippen molar-refractivity contribution in [1.29, 1.82) is 0 Å². The molecule has 0 aliphatic rings. The maximum atomic E-state index is 4.65. The molecular formula is C16H22N2. The molecule has 0 saturated heterocycles. The zero-order valence-electron chi connectivity index (χ0n) is 11.5. The Hall–Kier alpha value is -1.57. The average Bonchev–Trinajstić information content (AvgIpc) is 2.37. The smallest absolute Gasteiger partial charge is 0.0936 e. The van der Waals surface area contributed by atoms with Gasteiger partial charge < -0.3 is 5.32 Å². The minimum Gasteiger partial charge on any atom is -0.381 e. The van der Waals surface area contributed by atoms with Crippen LogP contribution in [-0.4, -0.2) is 11.0 Å². The van der Waals surface area contributed by atoms with Crippen LogP contribution in [0.1, 0.15) is 38.8 Å². The summed E-state index contributed by atoms with van der Waals surface area (Å²) in [6.45, 7) is 6.51. The largest absolute Gasteiger partial charge is 0.381 e. The summed E-state index contributed by atoms with van der Waals surface area (Å²) in [5, 5.41) is 4.79. The fourth-order valence-corrected chi connectivity index (χ4v) is 2.21. The molecule has 1 unspecified atom stereocenters. The Morgan fingerprint density at radius 3 is 2.83 bits per heavy atom. The quantitative estimate of drug-likeness (QED) is 0.833. The van der Waals surface area contributed by atoms with Gasteiger partial charge in [0, 0.05) is 17.1 Å². The van der Waals surface area contributed by atoms with Crippen molar-refractivity contribution in [2.45, 2.75) is 46.1 Å². The van der Waals surface area contributed by atoms with E-state index >= 15 is 0 Å². The highest BCUT2D eigenvalue weighted by Gasteiger charge is 2.06. The molecule has 2 aromatic rings. The normalized spacial score (nSPS) is 12.6. The fraction of sp³-hybridized carbons (Fsp3) is 0.438. The maximum absolute atomic E-state index is 4.65. The first-order chi connectivity index (χ1) is 8.70. The lowest BCUT2D eigenvalue weighted by Crippen LogP contribution is -2.15. The second kappa shape index (κ2) is 5.85. The number of benzene rings is 1. The van der Waals surface area contributed by atoms with Crippen molar-refractivity contribution in [2.24, 2.45) is 0 Å². The van der Waals surface area contributed by atoms with Crippen LogP contribution >= 0.6 is 0 Å². The number of hydrogen-bond donors (Lipinski definition) is 1. The fourth-order valence-electron chi connectivity index (χ4n) is 2.21. The van der Waals surface area contributed by atoms with Crippen molar-refractivity contribution in [3.63, 3.8) is 0 Å². The van der Waals surface area contributed by atoms with Gasteiger partial charge in [0.15, 0.2) is 0 Å². The highest BCUT2D eigenvalue weighted by Crippen LogP contribution is 2.23. The van der Waals surface area contributed by atoms with Crippen molar-refractivity contribution in [1.82, 2.24) is 4.98 Å². The molecule has 1 atom stereocenters. The Morgan fingerprint density at radius 1 is 1.22 bits per heavy atom. The molecule has 18 heavy (non-hydrogen) atoms. The van der Waals surface area contributed by atoms with E-state index in [1.54, 1.807) is 0 Å². The van der Waals surface area contributed by atoms with E-state index in [-0.39, 0.29) is 0 Å². The number of aryl methyl sites for hydroxylation is 1. The van der Waals surface area contributed by atoms with Gasteiger partial charge in [-0.25, -0.2) is 0 Å². The molecule has 0 saturated carbocycles. The van der Waals surface area contributed by atoms with Crippen LogP contribution in [-0.2, 0) is 0 Å². The van der Waals surface area contributed by atoms with E-state index in [4.69, 9.17) is 0 Å². The lowest BCUT2D eigenvalue weighted by Gasteiger charge is -2.16. The van der Waals surface area contributed by atoms with Crippen LogP contribution in [0.25, 0.3) is 10.9 Å². The van der Waals surface area contributed by atoms with Crippen LogP contribution in [0.3, 0.4) is 0 Å². The van der Waals surface area contributed by atoms with Crippen LogP contribution < -0.4 is 5.32 Å². The highest BCUT2D eigenvalue weighted by atomic mass is 14.9. The molecule has 0 aliphatic heterocycles. The van der Waals surface area contributed by atoms with Crippen molar-refractivity contribution in [3.8, 4) is 0 Å². The van der Waals surface area contributed by atoms with Crippen molar-refractivity contribution >= 4 is 16.6 Å². The molecule has 96 valence electrons. The molecule has 1 N–H and O–H groups in total. The maximum Gasteiger partial charge on any atom is 0.0936 e. The van der Waals surface area contributed by atoms with Gasteiger partial charge in [-0.3, -0.25) is 4.98 Å². The topological polar surface area (TPSA) is 24.9 Å². The highest BCUT2D eigenvalue weighted by molar-refractivity contribution is 5.90. The molecule has 0 fully saturated rings. The van der Waals surface area contributed by atoms with Gasteiger partial charge in [0.1, 0.15) is 0 Å². The number of rotatable bonds is 5. The van der Waals surface area contributed by atoms with E-state index in [0.717, 1.165) is 16.9 Å². The number of hydrogen-bond acceptors (Lipinski definition) is 2. The number of para-hydroxylation sites is 1. The standard InChI is InChI=1S/C16H22N2/c1-4-5-7-12(2)17-15-9-6-8-14-11-10-13(3)18-16(14)15/h6,8-12,17H,4-5,7H2,1-3H3. The summed E-state index contributed by atoms with van der Waals surface area (Å²) in [7, 11) is 0. The zero-order chi connectivity index (χ0) is 13.0. The third kappa shape index (κ3) is 3.00. The van der Waals surface area contributed by atoms with E-state index in [1.165, 1.54) is 24.6 Å². The number of fused-ring (bicyclic) bond motifs is 1. The summed E-state index contributed by atoms with van der Waals surface area (Å²) in [6, 6.07) is 11.0. The van der Waals surface area contributed by atoms with Gasteiger partial charge in [-0.1, -0.05) is 38.0 Å². The zero-order valence-corrected chi connectivity index (χ0v) is 11.5. The van der Waals surface area contributed by atoms with Crippen LogP contribution in [0.5, 0.6) is 0 Å². The third-order valence-corrected chi connectivity index (χ3v) is 3.25. The van der Waals surface area contributed by atoms with Crippen molar-refractivity contribution in [2.75, 3.05) is 5.32 Å². The van der Waals surface area contributed by atoms with Crippen LogP contribution in [0.4, 0.5) is 5.69 Å². The summed E-state index contributed by atoms with van der Waals surface area (Å²) in [6.07, 6.45) is 3.73. The average molecular weight is 242 g/mol. The second-order valence-electron chi connectivity index (χ2n) is 5.02. The number of unbranched alkanes of at least 4 members (excludes halogenated alkanes) is 1. The molecule has 1 heterocycles. The van der Waals surface area contributed by atoms with Crippen molar-refractivity contribution < 1.29 is 0 Å². The number of nitrogens with one attached hydrogen (secondary N) is 1. The number of nitrogens with zero attached hydrogens (tertiary/aromatic N) is 1. The van der Waals surface area contributed by atoms with Gasteiger partial charge in [0.2, 0.25) is 0 Å². The molecule has 0 amide bonds. The first-order valence-electron chi connectivity index (χ1n) is 6.83. The lowest BCUT2D eigenvalue weighted by atomic mass is 10.1. The molecular weight excluding hydrogens is 220 g/mol. The van der Waals surface area contributed by atoms with E-state index in [0.29, 0.717) is 6.04 Å². The molecule has 0 aliphatic carbocycles. The van der Waals surface area contributed by atoms with E-state index in [9.17, 15) is 0 Å². The van der Waals surface area contributed by atoms with E-state index in [2.05, 4.69) is 54.5 Å². The summed E-state index contributed by atoms with van der Waals surface area (Å²) >= 11 is 0. The Labute approximate surface area is 109 Å². The number of pyridine rings is 1. The third-order valence-electron chi connectivity index (χ3n) is 3.25. The second-order valence-corrected chi connectivity index (χ2v) is 5.02. The molecule has 1 aromatic heterocycles. The van der Waals surface area contributed by atoms with Gasteiger partial charge in [-0.2, -0.15) is 0 Å². The first-order valence-corrected chi connectivity index (χ1v) is 6.83. The molecule has 1 aromatic carbocycles. The Kier molecular flexibility index (Phi) is 4.19. The molecule has 2 nitrogen and oxygen atoms in total. The van der Waals surface area contributed by atoms with E-state index < -0.39 is 0 Å². The minimum absolute atomic E-state index is 0.498. The Balaban J connectivity index is 2.24. The summed E-state index contributed by atoms with van der Waals surface area (Å²) in [5.74, 6) is 0. The lowest BCUT2D eigenvalue weighted by molar-refractivity contribution is 0.645. The number of aromatic nitrogens is 1. The summed E-state index contributed by atoms with van der Waals surface area (Å²) in [4.78, 5) is 4.65. The van der Waals surface area contributed by atoms with Gasteiger partial charge >= 0.3 is 0 Å². The molecule has 0 radical (unpaired) electrons. The van der Waals surface area contributed by atoms with Crippen LogP contribution in [0.15, 0.2) is 30.3 Å². The van der Waals surface area contributed by atoms with E-state index in [1.807, 2.05) is 6.92 Å². The molecule has 2 rings (SSSR count). The summed E-state index contributed by atoms with van der Waals surface area (Å²) in [5.41, 5.74) is 3.30. The minimum atomic E-state index is 0.498. The first kappa shape index (κ1) is 12.9. The number of anilines is 1. The molecule has 0 bridgehead atoms. The predicted molar refractivity (Wildman–Crippen MR) is 79.1 cm³/mol. The van der Waals surface area contributed by atoms with Gasteiger partial charge in [0.25, 0.3) is 0 Å². The Bertz CT molecular complexity index is 519. The van der Waals surface area contributed by atoms with Gasteiger partial charge in [0.05, 0.1) is 11.2 Å². The van der Waals surface area contributed by atoms with Gasteiger partial charge in [-0.15, -0.1) is 0 Å². The summed E-state index contributed by atoms with van der Waals surface area (Å²) < 4.78 is 0. The SMILES string of the molecule is CCCCC(C)Nc1cccc2ccc(C)nc12. The van der Waals surface area contributed by atoms with Crippen LogP contribution in [0.2, 0.25) is 0 Å². The predicted octanol–water partition coefficient (Wildman–Crippen LogP) is 4.53.